The van der Waals surface area contributed by atoms with Crippen molar-refractivity contribution < 1.29 is 48.8 Å². The predicted octanol–water partition coefficient (Wildman–Crippen LogP) is 3.66. The monoisotopic (exact) mass is 641 g/mol. The Balaban J connectivity index is 0.00000236. The molecule has 1 aliphatic rings. The second kappa shape index (κ2) is 21.9. The first-order chi connectivity index (χ1) is 22.2. The number of benzene rings is 2. The van der Waals surface area contributed by atoms with Crippen molar-refractivity contribution in [3.05, 3.63) is 65.7 Å². The van der Waals surface area contributed by atoms with Gasteiger partial charge >= 0.3 is 6.15 Å². The van der Waals surface area contributed by atoms with Crippen molar-refractivity contribution in [2.75, 3.05) is 19.7 Å². The Morgan fingerprint density at radius 3 is 2.15 bits per heavy atom. The first-order valence-corrected chi connectivity index (χ1v) is 16.0. The average Bonchev–Trinajstić information content (AvgIpc) is 3.06. The molecule has 3 N–H and O–H groups in total. The quantitative estimate of drug-likeness (QED) is 0.152. The van der Waals surface area contributed by atoms with E-state index in [1.165, 1.54) is 0 Å². The summed E-state index contributed by atoms with van der Waals surface area (Å²) in [7, 11) is 0. The number of aliphatic hydroxyl groups is 3. The number of aliphatic hydroxyl groups excluding tert-OH is 3. The van der Waals surface area contributed by atoms with Gasteiger partial charge in [-0.3, -0.25) is 14.4 Å². The maximum Gasteiger partial charge on any atom is 0.373 e. The summed E-state index contributed by atoms with van der Waals surface area (Å²) in [6, 6.07) is 16.2. The summed E-state index contributed by atoms with van der Waals surface area (Å²) in [5, 5.41) is 29.4. The number of ketones is 2. The lowest BCUT2D eigenvalue weighted by atomic mass is 10.0. The van der Waals surface area contributed by atoms with Crippen molar-refractivity contribution in [3.8, 4) is 5.75 Å². The van der Waals surface area contributed by atoms with Crippen LogP contribution in [0.4, 0.5) is 0 Å². The minimum Gasteiger partial charge on any atom is -0.462 e. The zero-order chi connectivity index (χ0) is 33.7. The number of carbonyl (C=O) groups excluding carboxylic acids is 5. The van der Waals surface area contributed by atoms with Gasteiger partial charge in [-0.15, -0.1) is 0 Å². The van der Waals surface area contributed by atoms with E-state index in [0.717, 1.165) is 56.1 Å². The van der Waals surface area contributed by atoms with Crippen LogP contribution in [-0.4, -0.2) is 88.1 Å². The van der Waals surface area contributed by atoms with Gasteiger partial charge in [-0.2, -0.15) is 9.59 Å². The normalized spacial score (nSPS) is 18.9. The minimum atomic E-state index is -1.39. The molecule has 1 fully saturated rings. The molecule has 11 nitrogen and oxygen atoms in total. The first kappa shape index (κ1) is 38.5. The molecule has 1 amide bonds. The zero-order valence-electron chi connectivity index (χ0n) is 26.6. The smallest absolute Gasteiger partial charge is 0.373 e. The molecular weight excluding hydrogens is 594 g/mol. The number of nitrogens with zero attached hydrogens (tertiary/aromatic N) is 1. The average molecular weight is 642 g/mol. The highest BCUT2D eigenvalue weighted by Crippen LogP contribution is 2.21. The topological polar surface area (TPSA) is 168 Å². The molecule has 0 radical (unpaired) electrons. The molecule has 46 heavy (non-hydrogen) atoms. The SMILES string of the molecule is CCCCC(=O)N(CCCCCCCC(=O)c1ccccc1)CCC(=O)Cc1ccc(OC2OCC(O)C(O)C2O)cc1.O=C=O. The van der Waals surface area contributed by atoms with Gasteiger partial charge in [0, 0.05) is 44.3 Å². The Morgan fingerprint density at radius 2 is 1.48 bits per heavy atom. The van der Waals surface area contributed by atoms with Gasteiger partial charge in [0.15, 0.2) is 5.78 Å². The van der Waals surface area contributed by atoms with Crippen LogP contribution in [-0.2, 0) is 30.3 Å². The van der Waals surface area contributed by atoms with E-state index < -0.39 is 24.6 Å². The summed E-state index contributed by atoms with van der Waals surface area (Å²) < 4.78 is 10.9. The van der Waals surface area contributed by atoms with E-state index in [1.807, 2.05) is 35.2 Å². The van der Waals surface area contributed by atoms with Gasteiger partial charge in [0.25, 0.3) is 0 Å². The van der Waals surface area contributed by atoms with E-state index in [-0.39, 0.29) is 43.1 Å². The van der Waals surface area contributed by atoms with E-state index in [2.05, 4.69) is 6.92 Å². The molecule has 0 spiro atoms. The second-order valence-corrected chi connectivity index (χ2v) is 11.4. The molecule has 4 atom stereocenters. The maximum atomic E-state index is 12.8. The number of rotatable bonds is 19. The highest BCUT2D eigenvalue weighted by Gasteiger charge is 2.39. The summed E-state index contributed by atoms with van der Waals surface area (Å²) >= 11 is 0. The van der Waals surface area contributed by atoms with Gasteiger partial charge in [-0.05, 0) is 37.0 Å². The van der Waals surface area contributed by atoms with Crippen LogP contribution < -0.4 is 4.74 Å². The lowest BCUT2D eigenvalue weighted by Gasteiger charge is -2.34. The summed E-state index contributed by atoms with van der Waals surface area (Å²) in [6.07, 6.45) is 3.23. The van der Waals surface area contributed by atoms with Gasteiger partial charge in [-0.1, -0.05) is 75.1 Å². The third-order valence-electron chi connectivity index (χ3n) is 7.72. The van der Waals surface area contributed by atoms with E-state index in [9.17, 15) is 29.7 Å². The Bertz CT molecular complexity index is 1210. The van der Waals surface area contributed by atoms with Crippen molar-refractivity contribution >= 4 is 23.6 Å². The molecule has 0 saturated carbocycles. The van der Waals surface area contributed by atoms with Gasteiger partial charge in [0.2, 0.25) is 12.2 Å². The van der Waals surface area contributed by atoms with Gasteiger partial charge < -0.3 is 29.7 Å². The fourth-order valence-corrected chi connectivity index (χ4v) is 5.01. The summed E-state index contributed by atoms with van der Waals surface area (Å²) in [6.45, 7) is 2.94. The molecule has 1 heterocycles. The van der Waals surface area contributed by atoms with Crippen molar-refractivity contribution in [1.29, 1.82) is 0 Å². The van der Waals surface area contributed by atoms with Crippen LogP contribution in [0.3, 0.4) is 0 Å². The fourth-order valence-electron chi connectivity index (χ4n) is 5.01. The van der Waals surface area contributed by atoms with Crippen LogP contribution in [0.2, 0.25) is 0 Å². The van der Waals surface area contributed by atoms with Gasteiger partial charge in [-0.25, -0.2) is 0 Å². The molecule has 252 valence electrons. The number of amides is 1. The Hall–Kier alpha value is -3.73. The Labute approximate surface area is 270 Å². The minimum absolute atomic E-state index is 0.0354. The first-order valence-electron chi connectivity index (χ1n) is 16.0. The second-order valence-electron chi connectivity index (χ2n) is 11.4. The van der Waals surface area contributed by atoms with Gasteiger partial charge in [0.1, 0.15) is 29.8 Å². The molecule has 0 aromatic heterocycles. The van der Waals surface area contributed by atoms with Gasteiger partial charge in [0.05, 0.1) is 6.61 Å². The van der Waals surface area contributed by atoms with E-state index in [0.29, 0.717) is 31.7 Å². The molecule has 0 aliphatic carbocycles. The van der Waals surface area contributed by atoms with E-state index in [1.54, 1.807) is 24.3 Å². The van der Waals surface area contributed by atoms with Crippen LogP contribution in [0.25, 0.3) is 0 Å². The number of ether oxygens (including phenoxy) is 2. The number of hydrogen-bond donors (Lipinski definition) is 3. The number of hydrogen-bond acceptors (Lipinski definition) is 10. The molecule has 3 rings (SSSR count). The van der Waals surface area contributed by atoms with Crippen molar-refractivity contribution in [3.63, 3.8) is 0 Å². The number of unbranched alkanes of at least 4 members (excludes halogenated alkanes) is 5. The molecule has 1 aliphatic heterocycles. The molecule has 2 aromatic rings. The largest absolute Gasteiger partial charge is 0.462 e. The summed E-state index contributed by atoms with van der Waals surface area (Å²) in [5.41, 5.74) is 1.56. The van der Waals surface area contributed by atoms with Crippen LogP contribution in [0, 0.1) is 0 Å². The highest BCUT2D eigenvalue weighted by atomic mass is 16.7. The lowest BCUT2D eigenvalue weighted by Crippen LogP contribution is -2.54. The third-order valence-corrected chi connectivity index (χ3v) is 7.72. The molecule has 4 unspecified atom stereocenters. The van der Waals surface area contributed by atoms with Crippen molar-refractivity contribution in [1.82, 2.24) is 4.90 Å². The molecule has 1 saturated heterocycles. The predicted molar refractivity (Wildman–Crippen MR) is 168 cm³/mol. The Morgan fingerprint density at radius 1 is 0.826 bits per heavy atom. The molecule has 0 bridgehead atoms. The van der Waals surface area contributed by atoms with E-state index >= 15 is 0 Å². The number of carbonyl (C=O) groups is 3. The number of Topliss-reactive ketones (excluding diaryl/α,β-unsaturated/α-hetero) is 2. The lowest BCUT2D eigenvalue weighted by molar-refractivity contribution is -0.242. The zero-order valence-corrected chi connectivity index (χ0v) is 26.6. The summed E-state index contributed by atoms with van der Waals surface area (Å²) in [5.74, 6) is 0.709. The van der Waals surface area contributed by atoms with Crippen molar-refractivity contribution in [2.24, 2.45) is 0 Å². The molecular formula is C35H47NO10. The van der Waals surface area contributed by atoms with Crippen molar-refractivity contribution in [2.45, 2.75) is 102 Å². The fraction of sp³-hybridized carbons (Fsp3) is 0.543. The van der Waals surface area contributed by atoms with Crippen LogP contribution in [0.1, 0.15) is 87.1 Å². The molecule has 2 aromatic carbocycles. The van der Waals surface area contributed by atoms with E-state index in [4.69, 9.17) is 19.1 Å². The highest BCUT2D eigenvalue weighted by molar-refractivity contribution is 5.95. The molecule has 11 heteroatoms. The van der Waals surface area contributed by atoms with Crippen LogP contribution in [0.15, 0.2) is 54.6 Å². The standard InChI is InChI=1S/C34H47NO8.CO2/c1-2-3-15-31(39)35(21-11-6-4-5-10-14-29(37)26-12-8-7-9-13-26)22-20-27(36)23-25-16-18-28(19-17-25)43-34-33(41)32(40)30(38)24-42-34;2-1-3/h7-9,12-13,16-19,30,32-34,38,40-41H,2-6,10-11,14-15,20-24H2,1H3;. The third kappa shape index (κ3) is 14.1. The Kier molecular flexibility index (Phi) is 18.3. The maximum absolute atomic E-state index is 12.8. The van der Waals surface area contributed by atoms with Crippen LogP contribution in [0.5, 0.6) is 5.75 Å². The summed E-state index contributed by atoms with van der Waals surface area (Å²) in [4.78, 5) is 55.9. The van der Waals surface area contributed by atoms with Crippen LogP contribution >= 0.6 is 0 Å².